The SMILES string of the molecule is C[Si](C)(C)O[Si](C)(C)CCCc1cc(Cl)ccc1O. The molecule has 108 valence electrons. The molecule has 0 fully saturated rings. The molecule has 0 amide bonds. The van der Waals surface area contributed by atoms with Gasteiger partial charge >= 0.3 is 0 Å². The number of aromatic hydroxyl groups is 1. The number of aryl methyl sites for hydroxylation is 1. The van der Waals surface area contributed by atoms with Crippen molar-refractivity contribution >= 4 is 28.2 Å². The average molecular weight is 317 g/mol. The van der Waals surface area contributed by atoms with E-state index in [2.05, 4.69) is 32.7 Å². The first-order valence-corrected chi connectivity index (χ1v) is 13.7. The third-order valence-corrected chi connectivity index (χ3v) is 9.30. The van der Waals surface area contributed by atoms with Gasteiger partial charge in [0, 0.05) is 5.02 Å². The summed E-state index contributed by atoms with van der Waals surface area (Å²) >= 11 is 5.95. The Morgan fingerprint density at radius 3 is 2.37 bits per heavy atom. The van der Waals surface area contributed by atoms with Crippen LogP contribution in [-0.4, -0.2) is 21.7 Å². The summed E-state index contributed by atoms with van der Waals surface area (Å²) < 4.78 is 6.31. The first-order chi connectivity index (χ1) is 8.59. The Kier molecular flexibility index (Phi) is 5.68. The van der Waals surface area contributed by atoms with E-state index in [1.807, 2.05) is 6.07 Å². The van der Waals surface area contributed by atoms with Crippen LogP contribution in [0.1, 0.15) is 12.0 Å². The normalized spacial score (nSPS) is 12.7. The monoisotopic (exact) mass is 316 g/mol. The fourth-order valence-corrected chi connectivity index (χ4v) is 10.6. The zero-order chi connectivity index (χ0) is 14.7. The highest BCUT2D eigenvalue weighted by molar-refractivity contribution is 6.84. The van der Waals surface area contributed by atoms with E-state index in [9.17, 15) is 5.11 Å². The molecule has 0 aliphatic carbocycles. The third kappa shape index (κ3) is 6.61. The molecule has 19 heavy (non-hydrogen) atoms. The maximum absolute atomic E-state index is 9.78. The van der Waals surface area contributed by atoms with Crippen LogP contribution in [0, 0.1) is 0 Å². The molecule has 0 aliphatic heterocycles. The van der Waals surface area contributed by atoms with Crippen LogP contribution in [0.3, 0.4) is 0 Å². The number of rotatable bonds is 6. The molecule has 0 saturated carbocycles. The molecule has 0 bridgehead atoms. The molecule has 0 unspecified atom stereocenters. The van der Waals surface area contributed by atoms with E-state index < -0.39 is 16.6 Å². The zero-order valence-electron chi connectivity index (χ0n) is 12.6. The molecule has 0 heterocycles. The molecule has 2 nitrogen and oxygen atoms in total. The lowest BCUT2D eigenvalue weighted by atomic mass is 10.1. The largest absolute Gasteiger partial charge is 0.508 e. The number of phenols is 1. The molecule has 5 heteroatoms. The van der Waals surface area contributed by atoms with Gasteiger partial charge in [0.25, 0.3) is 0 Å². The van der Waals surface area contributed by atoms with Crippen molar-refractivity contribution in [2.24, 2.45) is 0 Å². The molecule has 1 rings (SSSR count). The maximum Gasteiger partial charge on any atom is 0.173 e. The van der Waals surface area contributed by atoms with E-state index in [1.165, 1.54) is 0 Å². The van der Waals surface area contributed by atoms with Gasteiger partial charge in [0.05, 0.1) is 0 Å². The van der Waals surface area contributed by atoms with Gasteiger partial charge in [0.1, 0.15) is 5.75 Å². The maximum atomic E-state index is 9.78. The van der Waals surface area contributed by atoms with Gasteiger partial charge < -0.3 is 9.22 Å². The Bertz CT molecular complexity index is 428. The van der Waals surface area contributed by atoms with E-state index in [1.54, 1.807) is 12.1 Å². The van der Waals surface area contributed by atoms with Crippen molar-refractivity contribution in [1.29, 1.82) is 0 Å². The van der Waals surface area contributed by atoms with Crippen LogP contribution < -0.4 is 0 Å². The van der Waals surface area contributed by atoms with Crippen molar-refractivity contribution in [3.63, 3.8) is 0 Å². The smallest absolute Gasteiger partial charge is 0.173 e. The zero-order valence-corrected chi connectivity index (χ0v) is 15.3. The lowest BCUT2D eigenvalue weighted by Crippen LogP contribution is -2.42. The second kappa shape index (κ2) is 6.44. The van der Waals surface area contributed by atoms with Crippen molar-refractivity contribution in [2.75, 3.05) is 0 Å². The Morgan fingerprint density at radius 1 is 1.16 bits per heavy atom. The number of phenolic OH excluding ortho intramolecular Hbond substituents is 1. The van der Waals surface area contributed by atoms with Crippen molar-refractivity contribution in [3.05, 3.63) is 28.8 Å². The minimum atomic E-state index is -1.58. The van der Waals surface area contributed by atoms with Crippen LogP contribution in [-0.2, 0) is 10.5 Å². The summed E-state index contributed by atoms with van der Waals surface area (Å²) in [7, 11) is -3.03. The van der Waals surface area contributed by atoms with Crippen LogP contribution in [0.5, 0.6) is 5.75 Å². The average Bonchev–Trinajstić information content (AvgIpc) is 2.19. The Labute approximate surface area is 124 Å². The molecule has 0 saturated heterocycles. The van der Waals surface area contributed by atoms with Crippen molar-refractivity contribution in [1.82, 2.24) is 0 Å². The van der Waals surface area contributed by atoms with Crippen molar-refractivity contribution in [2.45, 2.75) is 51.6 Å². The minimum Gasteiger partial charge on any atom is -0.508 e. The van der Waals surface area contributed by atoms with Crippen LogP contribution in [0.15, 0.2) is 18.2 Å². The van der Waals surface area contributed by atoms with E-state index in [0.29, 0.717) is 10.8 Å². The summed E-state index contributed by atoms with van der Waals surface area (Å²) in [5.41, 5.74) is 0.935. The fourth-order valence-electron chi connectivity index (χ4n) is 2.34. The van der Waals surface area contributed by atoms with Gasteiger partial charge in [-0.3, -0.25) is 0 Å². The molecule has 0 atom stereocenters. The number of hydrogen-bond donors (Lipinski definition) is 1. The number of hydrogen-bond acceptors (Lipinski definition) is 2. The van der Waals surface area contributed by atoms with E-state index in [-0.39, 0.29) is 0 Å². The molecule has 0 aliphatic rings. The molecule has 0 spiro atoms. The van der Waals surface area contributed by atoms with Gasteiger partial charge in [0.15, 0.2) is 16.6 Å². The predicted molar refractivity (Wildman–Crippen MR) is 88.2 cm³/mol. The van der Waals surface area contributed by atoms with Gasteiger partial charge in [-0.15, -0.1) is 0 Å². The van der Waals surface area contributed by atoms with Crippen LogP contribution in [0.2, 0.25) is 43.8 Å². The van der Waals surface area contributed by atoms with Gasteiger partial charge in [-0.1, -0.05) is 11.6 Å². The predicted octanol–water partition coefficient (Wildman–Crippen LogP) is 5.03. The van der Waals surface area contributed by atoms with E-state index in [0.717, 1.165) is 24.4 Å². The van der Waals surface area contributed by atoms with Gasteiger partial charge in [-0.05, 0) is 75.4 Å². The summed E-state index contributed by atoms with van der Waals surface area (Å²) in [6.07, 6.45) is 1.90. The van der Waals surface area contributed by atoms with Crippen molar-refractivity contribution in [3.8, 4) is 5.75 Å². The first kappa shape index (κ1) is 16.8. The summed E-state index contributed by atoms with van der Waals surface area (Å²) in [6.45, 7) is 11.3. The molecular formula is C14H25ClO2Si2. The summed E-state index contributed by atoms with van der Waals surface area (Å²) in [4.78, 5) is 0. The second-order valence-electron chi connectivity index (χ2n) is 6.60. The lowest BCUT2D eigenvalue weighted by molar-refractivity contribution is 0.467. The fraction of sp³-hybridized carbons (Fsp3) is 0.571. The molecule has 1 aromatic rings. The highest BCUT2D eigenvalue weighted by Gasteiger charge is 2.28. The Morgan fingerprint density at radius 2 is 1.79 bits per heavy atom. The molecule has 1 aromatic carbocycles. The molecule has 0 aromatic heterocycles. The van der Waals surface area contributed by atoms with Gasteiger partial charge in [-0.25, -0.2) is 0 Å². The highest BCUT2D eigenvalue weighted by atomic mass is 35.5. The quantitative estimate of drug-likeness (QED) is 0.745. The van der Waals surface area contributed by atoms with Crippen LogP contribution >= 0.6 is 11.6 Å². The third-order valence-electron chi connectivity index (χ3n) is 2.85. The topological polar surface area (TPSA) is 29.5 Å². The second-order valence-corrected chi connectivity index (χ2v) is 16.1. The highest BCUT2D eigenvalue weighted by Crippen LogP contribution is 2.25. The summed E-state index contributed by atoms with van der Waals surface area (Å²) in [5, 5.41) is 10.5. The summed E-state index contributed by atoms with van der Waals surface area (Å²) in [5.74, 6) is 0.343. The molecular weight excluding hydrogens is 292 g/mol. The Hall–Kier alpha value is -0.296. The van der Waals surface area contributed by atoms with Crippen LogP contribution in [0.25, 0.3) is 0 Å². The lowest BCUT2D eigenvalue weighted by Gasteiger charge is -2.31. The summed E-state index contributed by atoms with van der Waals surface area (Å²) in [6, 6.07) is 6.35. The first-order valence-electron chi connectivity index (χ1n) is 6.77. The molecule has 1 N–H and O–H groups in total. The minimum absolute atomic E-state index is 0.343. The van der Waals surface area contributed by atoms with Gasteiger partial charge in [0.2, 0.25) is 0 Å². The van der Waals surface area contributed by atoms with E-state index in [4.69, 9.17) is 15.7 Å². The van der Waals surface area contributed by atoms with Gasteiger partial charge in [-0.2, -0.15) is 0 Å². The standard InChI is InChI=1S/C14H25ClO2Si2/c1-18(2,3)17-19(4,5)10-6-7-12-11-13(15)8-9-14(12)16/h8-9,11,16H,6-7,10H2,1-5H3. The number of halogens is 1. The molecule has 0 radical (unpaired) electrons. The van der Waals surface area contributed by atoms with E-state index >= 15 is 0 Å². The van der Waals surface area contributed by atoms with Crippen LogP contribution in [0.4, 0.5) is 0 Å². The van der Waals surface area contributed by atoms with Crippen molar-refractivity contribution < 1.29 is 9.22 Å². The number of benzene rings is 1. The Balaban J connectivity index is 2.52.